The molecule has 0 fully saturated rings. The van der Waals surface area contributed by atoms with Gasteiger partial charge in [-0.15, -0.1) is 0 Å². The van der Waals surface area contributed by atoms with Gasteiger partial charge in [-0.2, -0.15) is 0 Å². The van der Waals surface area contributed by atoms with Gasteiger partial charge in [0.15, 0.2) is 12.1 Å². The van der Waals surface area contributed by atoms with Crippen LogP contribution in [0.25, 0.3) is 0 Å². The van der Waals surface area contributed by atoms with E-state index in [9.17, 15) is 9.59 Å². The molecule has 0 spiro atoms. The summed E-state index contributed by atoms with van der Waals surface area (Å²) in [4.78, 5) is 22.1. The first-order chi connectivity index (χ1) is 7.10. The van der Waals surface area contributed by atoms with Gasteiger partial charge in [0.2, 0.25) is 0 Å². The standard InChI is InChI=1S/C12H14O3/c1-4-15-11-5-8(2)12(9(3)14)10(6-11)7-13/h5-7H,4H2,1-3H3. The fourth-order valence-electron chi connectivity index (χ4n) is 1.60. The largest absolute Gasteiger partial charge is 0.494 e. The van der Waals surface area contributed by atoms with Gasteiger partial charge >= 0.3 is 0 Å². The summed E-state index contributed by atoms with van der Waals surface area (Å²) in [7, 11) is 0. The zero-order valence-corrected chi connectivity index (χ0v) is 9.16. The highest BCUT2D eigenvalue weighted by molar-refractivity contribution is 6.02. The quantitative estimate of drug-likeness (QED) is 0.561. The number of ether oxygens (including phenoxy) is 1. The van der Waals surface area contributed by atoms with Crippen molar-refractivity contribution in [2.75, 3.05) is 6.61 Å². The topological polar surface area (TPSA) is 43.4 Å². The van der Waals surface area contributed by atoms with Gasteiger partial charge in [0.1, 0.15) is 5.75 Å². The Kier molecular flexibility index (Phi) is 3.61. The second-order valence-corrected chi connectivity index (χ2v) is 3.31. The lowest BCUT2D eigenvalue weighted by Crippen LogP contribution is -2.03. The lowest BCUT2D eigenvalue weighted by Gasteiger charge is -2.09. The van der Waals surface area contributed by atoms with Crippen LogP contribution in [0, 0.1) is 6.92 Å². The van der Waals surface area contributed by atoms with E-state index in [0.717, 1.165) is 5.56 Å². The molecule has 1 aromatic rings. The van der Waals surface area contributed by atoms with Gasteiger partial charge in [0, 0.05) is 11.1 Å². The number of aryl methyl sites for hydroxylation is 1. The highest BCUT2D eigenvalue weighted by atomic mass is 16.5. The summed E-state index contributed by atoms with van der Waals surface area (Å²) in [6.07, 6.45) is 0.687. The molecule has 1 aromatic carbocycles. The average Bonchev–Trinajstić information content (AvgIpc) is 2.16. The maximum absolute atomic E-state index is 11.3. The van der Waals surface area contributed by atoms with Gasteiger partial charge in [-0.1, -0.05) is 0 Å². The monoisotopic (exact) mass is 206 g/mol. The first-order valence-electron chi connectivity index (χ1n) is 4.83. The Morgan fingerprint density at radius 2 is 2.13 bits per heavy atom. The van der Waals surface area contributed by atoms with Crippen LogP contribution in [0.5, 0.6) is 5.75 Å². The molecular weight excluding hydrogens is 192 g/mol. The minimum atomic E-state index is -0.0994. The minimum Gasteiger partial charge on any atom is -0.494 e. The molecule has 0 aliphatic carbocycles. The summed E-state index contributed by atoms with van der Waals surface area (Å²) in [5.41, 5.74) is 1.65. The maximum Gasteiger partial charge on any atom is 0.160 e. The molecule has 1 rings (SSSR count). The van der Waals surface area contributed by atoms with Gasteiger partial charge in [-0.05, 0) is 38.5 Å². The van der Waals surface area contributed by atoms with Gasteiger partial charge in [-0.3, -0.25) is 9.59 Å². The van der Waals surface area contributed by atoms with Crippen LogP contribution in [0.15, 0.2) is 12.1 Å². The number of carbonyl (C=O) groups excluding carboxylic acids is 2. The van der Waals surface area contributed by atoms with E-state index >= 15 is 0 Å². The molecule has 0 aromatic heterocycles. The van der Waals surface area contributed by atoms with Gasteiger partial charge in [0.05, 0.1) is 6.61 Å². The van der Waals surface area contributed by atoms with E-state index in [4.69, 9.17) is 4.74 Å². The van der Waals surface area contributed by atoms with Crippen LogP contribution in [0.4, 0.5) is 0 Å². The van der Waals surface area contributed by atoms with E-state index in [1.807, 2.05) is 6.92 Å². The molecule has 15 heavy (non-hydrogen) atoms. The second kappa shape index (κ2) is 4.73. The molecule has 3 nitrogen and oxygen atoms in total. The fourth-order valence-corrected chi connectivity index (χ4v) is 1.60. The van der Waals surface area contributed by atoms with E-state index < -0.39 is 0 Å². The van der Waals surface area contributed by atoms with Crippen molar-refractivity contribution in [3.63, 3.8) is 0 Å². The zero-order chi connectivity index (χ0) is 11.4. The van der Waals surface area contributed by atoms with Crippen LogP contribution in [0.3, 0.4) is 0 Å². The molecule has 0 saturated carbocycles. The van der Waals surface area contributed by atoms with Gasteiger partial charge in [-0.25, -0.2) is 0 Å². The third kappa shape index (κ3) is 2.43. The van der Waals surface area contributed by atoms with Crippen LogP contribution < -0.4 is 4.74 Å². The number of Topliss-reactive ketones (excluding diaryl/α,β-unsaturated/α-hetero) is 1. The van der Waals surface area contributed by atoms with Crippen molar-refractivity contribution < 1.29 is 14.3 Å². The highest BCUT2D eigenvalue weighted by Crippen LogP contribution is 2.21. The normalized spacial score (nSPS) is 9.80. The Bertz CT molecular complexity index is 394. The van der Waals surface area contributed by atoms with Crippen molar-refractivity contribution in [1.29, 1.82) is 0 Å². The number of rotatable bonds is 4. The third-order valence-electron chi connectivity index (χ3n) is 2.13. The van der Waals surface area contributed by atoms with Crippen LogP contribution in [0.1, 0.15) is 40.1 Å². The number of hydrogen-bond donors (Lipinski definition) is 0. The van der Waals surface area contributed by atoms with Crippen LogP contribution in [-0.4, -0.2) is 18.7 Å². The van der Waals surface area contributed by atoms with E-state index in [-0.39, 0.29) is 5.78 Å². The molecule has 0 amide bonds. The summed E-state index contributed by atoms with van der Waals surface area (Å²) >= 11 is 0. The Morgan fingerprint density at radius 3 is 2.60 bits per heavy atom. The van der Waals surface area contributed by atoms with E-state index in [0.29, 0.717) is 29.8 Å². The van der Waals surface area contributed by atoms with Crippen LogP contribution in [0.2, 0.25) is 0 Å². The Morgan fingerprint density at radius 1 is 1.47 bits per heavy atom. The van der Waals surface area contributed by atoms with Crippen molar-refractivity contribution in [1.82, 2.24) is 0 Å². The number of carbonyl (C=O) groups is 2. The molecule has 0 unspecified atom stereocenters. The summed E-state index contributed by atoms with van der Waals surface area (Å²) in [6, 6.07) is 3.37. The van der Waals surface area contributed by atoms with Crippen LogP contribution >= 0.6 is 0 Å². The number of aldehydes is 1. The second-order valence-electron chi connectivity index (χ2n) is 3.31. The number of benzene rings is 1. The molecule has 0 aliphatic heterocycles. The predicted octanol–water partition coefficient (Wildman–Crippen LogP) is 2.41. The molecule has 0 N–H and O–H groups in total. The molecule has 0 atom stereocenters. The zero-order valence-electron chi connectivity index (χ0n) is 9.16. The van der Waals surface area contributed by atoms with E-state index in [1.54, 1.807) is 19.1 Å². The SMILES string of the molecule is CCOc1cc(C)c(C(C)=O)c(C=O)c1. The van der Waals surface area contributed by atoms with Gasteiger partial charge < -0.3 is 4.74 Å². The van der Waals surface area contributed by atoms with Crippen molar-refractivity contribution in [3.05, 3.63) is 28.8 Å². The van der Waals surface area contributed by atoms with Crippen molar-refractivity contribution in [2.45, 2.75) is 20.8 Å². The highest BCUT2D eigenvalue weighted by Gasteiger charge is 2.12. The maximum atomic E-state index is 11.3. The summed E-state index contributed by atoms with van der Waals surface area (Å²) in [5, 5.41) is 0. The lowest BCUT2D eigenvalue weighted by atomic mass is 9.99. The summed E-state index contributed by atoms with van der Waals surface area (Å²) < 4.78 is 5.29. The molecule has 0 aliphatic rings. The lowest BCUT2D eigenvalue weighted by molar-refractivity contribution is 0.100. The minimum absolute atomic E-state index is 0.0994. The predicted molar refractivity (Wildman–Crippen MR) is 57.7 cm³/mol. The van der Waals surface area contributed by atoms with E-state index in [1.165, 1.54) is 6.92 Å². The average molecular weight is 206 g/mol. The molecule has 0 radical (unpaired) electrons. The van der Waals surface area contributed by atoms with Crippen molar-refractivity contribution in [2.24, 2.45) is 0 Å². The molecule has 0 heterocycles. The number of ketones is 1. The molecule has 0 saturated heterocycles. The Hall–Kier alpha value is -1.64. The fraction of sp³-hybridized carbons (Fsp3) is 0.333. The molecular formula is C12H14O3. The first-order valence-corrected chi connectivity index (χ1v) is 4.83. The molecule has 3 heteroatoms. The van der Waals surface area contributed by atoms with Gasteiger partial charge in [0.25, 0.3) is 0 Å². The summed E-state index contributed by atoms with van der Waals surface area (Å²) in [5.74, 6) is 0.528. The smallest absolute Gasteiger partial charge is 0.160 e. The van der Waals surface area contributed by atoms with Crippen LogP contribution in [-0.2, 0) is 0 Å². The Balaban J connectivity index is 3.30. The van der Waals surface area contributed by atoms with Crippen molar-refractivity contribution in [3.8, 4) is 5.75 Å². The number of hydrogen-bond acceptors (Lipinski definition) is 3. The van der Waals surface area contributed by atoms with E-state index in [2.05, 4.69) is 0 Å². The Labute approximate surface area is 89.1 Å². The first kappa shape index (κ1) is 11.4. The third-order valence-corrected chi connectivity index (χ3v) is 2.13. The van der Waals surface area contributed by atoms with Crippen molar-refractivity contribution >= 4 is 12.1 Å². The summed E-state index contributed by atoms with van der Waals surface area (Å²) in [6.45, 7) is 5.66. The molecule has 80 valence electrons. The molecule has 0 bridgehead atoms.